The van der Waals surface area contributed by atoms with Crippen molar-refractivity contribution in [1.29, 1.82) is 0 Å². The number of carbonyl (C=O) groups is 1. The molecule has 0 rings (SSSR count). The molecule has 0 atom stereocenters. The zero-order valence-electron chi connectivity index (χ0n) is 8.30. The summed E-state index contributed by atoms with van der Waals surface area (Å²) < 4.78 is 121. The number of carbonyl (C=O) groups excluding carboxylic acids is 1. The van der Waals surface area contributed by atoms with Gasteiger partial charge in [0.2, 0.25) is 0 Å². The molecule has 0 saturated carbocycles. The predicted molar refractivity (Wildman–Crippen MR) is 37.0 cm³/mol. The molecule has 0 radical (unpaired) electrons. The summed E-state index contributed by atoms with van der Waals surface area (Å²) in [4.78, 5) is 10.4. The highest BCUT2D eigenvalue weighted by Crippen LogP contribution is 2.39. The van der Waals surface area contributed by atoms with Crippen molar-refractivity contribution in [2.75, 3.05) is 0 Å². The largest absolute Gasteiger partial charge is 0.455 e. The topological polar surface area (TPSA) is 26.3 Å². The lowest BCUT2D eigenvalue weighted by Crippen LogP contribution is -2.39. The fourth-order valence-electron chi connectivity index (χ4n) is 0.635. The van der Waals surface area contributed by atoms with Gasteiger partial charge in [-0.3, -0.25) is 4.79 Å². The number of hydrogen-bond donors (Lipinski definition) is 0. The lowest BCUT2D eigenvalue weighted by atomic mass is 10.2. The quantitative estimate of drug-likeness (QED) is 0.450. The van der Waals surface area contributed by atoms with Gasteiger partial charge in [0.25, 0.3) is 5.76 Å². The summed E-state index contributed by atoms with van der Waals surface area (Å²) in [6.07, 6.45) is -18.6. The summed E-state index contributed by atoms with van der Waals surface area (Å²) >= 11 is 0. The first-order chi connectivity index (χ1) is 8.18. The number of esters is 1. The Kier molecular flexibility index (Phi) is 4.84. The molecule has 0 bridgehead atoms. The molecule has 2 nitrogen and oxygen atoms in total. The van der Waals surface area contributed by atoms with E-state index in [2.05, 4.69) is 4.74 Å². The monoisotopic (exact) mass is 308 g/mol. The van der Waals surface area contributed by atoms with E-state index < -0.39 is 42.5 Å². The van der Waals surface area contributed by atoms with E-state index in [9.17, 15) is 48.7 Å². The highest BCUT2D eigenvalue weighted by atomic mass is 19.4. The third-order valence-electron chi connectivity index (χ3n) is 1.43. The van der Waals surface area contributed by atoms with Crippen LogP contribution in [-0.2, 0) is 9.53 Å². The molecule has 19 heavy (non-hydrogen) atoms. The van der Waals surface area contributed by atoms with E-state index in [0.29, 0.717) is 0 Å². The van der Waals surface area contributed by atoms with Crippen LogP contribution in [0.1, 0.15) is 6.42 Å². The number of rotatable bonds is 3. The van der Waals surface area contributed by atoms with Crippen LogP contribution in [0.5, 0.6) is 0 Å². The molecular formula is C7H2F10O2. The number of halogens is 10. The number of ether oxygens (including phenoxy) is 1. The first-order valence-corrected chi connectivity index (χ1v) is 3.96. The molecule has 0 spiro atoms. The third kappa shape index (κ3) is 4.95. The summed E-state index contributed by atoms with van der Waals surface area (Å²) in [6, 6.07) is 0. The van der Waals surface area contributed by atoms with Gasteiger partial charge in [-0.2, -0.15) is 43.9 Å². The van der Waals surface area contributed by atoms with Gasteiger partial charge in [0.05, 0.1) is 0 Å². The Balaban J connectivity index is 4.96. The average Bonchev–Trinajstić information content (AvgIpc) is 2.08. The first-order valence-electron chi connectivity index (χ1n) is 3.96. The minimum atomic E-state index is -6.23. The van der Waals surface area contributed by atoms with Crippen molar-refractivity contribution in [3.8, 4) is 0 Å². The van der Waals surface area contributed by atoms with E-state index >= 15 is 0 Å². The van der Waals surface area contributed by atoms with E-state index in [1.807, 2.05) is 0 Å². The molecule has 0 amide bonds. The van der Waals surface area contributed by atoms with E-state index in [-0.39, 0.29) is 0 Å². The molecule has 112 valence electrons. The molecule has 0 aliphatic heterocycles. The van der Waals surface area contributed by atoms with Crippen LogP contribution in [0.15, 0.2) is 11.8 Å². The van der Waals surface area contributed by atoms with Gasteiger partial charge in [0.1, 0.15) is 6.42 Å². The zero-order valence-corrected chi connectivity index (χ0v) is 8.30. The molecule has 0 aliphatic rings. The molecule has 0 saturated heterocycles. The predicted octanol–water partition coefficient (Wildman–Crippen LogP) is 3.79. The van der Waals surface area contributed by atoms with Crippen molar-refractivity contribution in [1.82, 2.24) is 0 Å². The standard InChI is InChI=1S/C7H2F10O2/c8-4(9)3(6(12,13)14)19-2(18)1-5(10,11)7(15,16)17/h1H2. The van der Waals surface area contributed by atoms with Crippen molar-refractivity contribution in [2.45, 2.75) is 24.7 Å². The van der Waals surface area contributed by atoms with Crippen molar-refractivity contribution >= 4 is 5.97 Å². The molecule has 0 fully saturated rings. The number of alkyl halides is 8. The highest BCUT2D eigenvalue weighted by molar-refractivity contribution is 5.72. The smallest absolute Gasteiger partial charge is 0.415 e. The van der Waals surface area contributed by atoms with Crippen molar-refractivity contribution < 1.29 is 53.4 Å². The summed E-state index contributed by atoms with van der Waals surface area (Å²) in [5.74, 6) is -11.7. The van der Waals surface area contributed by atoms with Crippen LogP contribution in [0.25, 0.3) is 0 Å². The van der Waals surface area contributed by atoms with E-state index in [0.717, 1.165) is 0 Å². The highest BCUT2D eigenvalue weighted by Gasteiger charge is 2.59. The van der Waals surface area contributed by atoms with E-state index in [1.54, 1.807) is 0 Å². The van der Waals surface area contributed by atoms with Gasteiger partial charge in [-0.15, -0.1) is 0 Å². The average molecular weight is 308 g/mol. The van der Waals surface area contributed by atoms with Crippen LogP contribution >= 0.6 is 0 Å². The van der Waals surface area contributed by atoms with Gasteiger partial charge in [-0.05, 0) is 0 Å². The fourth-order valence-corrected chi connectivity index (χ4v) is 0.635. The minimum absolute atomic E-state index is 2.79. The van der Waals surface area contributed by atoms with Gasteiger partial charge in [0, 0.05) is 0 Å². The van der Waals surface area contributed by atoms with Crippen LogP contribution in [0, 0.1) is 0 Å². The normalized spacial score (nSPS) is 13.2. The Hall–Kier alpha value is -1.49. The molecule has 0 aromatic heterocycles. The fraction of sp³-hybridized carbons (Fsp3) is 0.571. The summed E-state index contributed by atoms with van der Waals surface area (Å²) in [5.41, 5.74) is 0. The second kappa shape index (κ2) is 5.25. The maximum absolute atomic E-state index is 12.2. The Morgan fingerprint density at radius 2 is 1.32 bits per heavy atom. The van der Waals surface area contributed by atoms with Crippen LogP contribution in [0.3, 0.4) is 0 Å². The van der Waals surface area contributed by atoms with Crippen LogP contribution < -0.4 is 0 Å². The van der Waals surface area contributed by atoms with Crippen LogP contribution in [0.2, 0.25) is 0 Å². The van der Waals surface area contributed by atoms with Gasteiger partial charge in [-0.25, -0.2) is 0 Å². The molecule has 0 aliphatic carbocycles. The lowest BCUT2D eigenvalue weighted by Gasteiger charge is -2.19. The molecular weight excluding hydrogens is 306 g/mol. The van der Waals surface area contributed by atoms with Crippen LogP contribution in [-0.4, -0.2) is 24.2 Å². The Morgan fingerprint density at radius 3 is 1.58 bits per heavy atom. The molecule has 0 unspecified atom stereocenters. The van der Waals surface area contributed by atoms with Crippen molar-refractivity contribution in [3.05, 3.63) is 11.8 Å². The van der Waals surface area contributed by atoms with Crippen LogP contribution in [0.4, 0.5) is 43.9 Å². The Bertz CT molecular complexity index is 372. The summed E-state index contributed by atoms with van der Waals surface area (Å²) in [5, 5.41) is 0. The molecule has 0 aromatic rings. The van der Waals surface area contributed by atoms with Gasteiger partial charge in [0.15, 0.2) is 0 Å². The second-order valence-electron chi connectivity index (χ2n) is 2.94. The third-order valence-corrected chi connectivity index (χ3v) is 1.43. The molecule has 0 N–H and O–H groups in total. The van der Waals surface area contributed by atoms with Gasteiger partial charge < -0.3 is 4.74 Å². The maximum atomic E-state index is 12.2. The van der Waals surface area contributed by atoms with Crippen molar-refractivity contribution in [2.24, 2.45) is 0 Å². The van der Waals surface area contributed by atoms with Gasteiger partial charge in [-0.1, -0.05) is 0 Å². The van der Waals surface area contributed by atoms with E-state index in [1.165, 1.54) is 0 Å². The lowest BCUT2D eigenvalue weighted by molar-refractivity contribution is -0.284. The maximum Gasteiger partial charge on any atom is 0.455 e. The van der Waals surface area contributed by atoms with E-state index in [4.69, 9.17) is 0 Å². The number of allylic oxidation sites excluding steroid dienone is 1. The summed E-state index contributed by atoms with van der Waals surface area (Å²) in [7, 11) is 0. The van der Waals surface area contributed by atoms with Gasteiger partial charge >= 0.3 is 30.3 Å². The molecule has 12 heteroatoms. The molecule has 0 heterocycles. The summed E-state index contributed by atoms with van der Waals surface area (Å²) in [6.45, 7) is 0. The SMILES string of the molecule is O=C(CC(F)(F)C(F)(F)F)OC(=C(F)F)C(F)(F)F. The Labute approximate surface area is 97.2 Å². The van der Waals surface area contributed by atoms with Crippen molar-refractivity contribution in [3.63, 3.8) is 0 Å². The Morgan fingerprint density at radius 1 is 0.895 bits per heavy atom. The minimum Gasteiger partial charge on any atom is -0.415 e. The zero-order chi connectivity index (χ0) is 15.6. The number of hydrogen-bond acceptors (Lipinski definition) is 2. The first kappa shape index (κ1) is 17.5. The molecule has 0 aromatic carbocycles. The second-order valence-corrected chi connectivity index (χ2v) is 2.94.